The van der Waals surface area contributed by atoms with Gasteiger partial charge in [-0.2, -0.15) is 0 Å². The average Bonchev–Trinajstić information content (AvgIpc) is 2.48. The quantitative estimate of drug-likeness (QED) is 0.695. The van der Waals surface area contributed by atoms with Crippen molar-refractivity contribution in [2.45, 2.75) is 93.5 Å². The van der Waals surface area contributed by atoms with Crippen molar-refractivity contribution in [1.29, 1.82) is 0 Å². The summed E-state index contributed by atoms with van der Waals surface area (Å²) in [4.78, 5) is 14.9. The first kappa shape index (κ1) is 18.5. The molecule has 1 fully saturated rings. The highest BCUT2D eigenvalue weighted by Gasteiger charge is 2.45. The minimum Gasteiger partial charge on any atom is -0.339 e. The highest BCUT2D eigenvalue weighted by atomic mass is 16.2. The van der Waals surface area contributed by atoms with Crippen LogP contribution in [0.1, 0.15) is 87.5 Å². The number of likely N-dealkylation sites (tertiary alicyclic amines) is 1. The molecule has 0 aromatic carbocycles. The minimum absolute atomic E-state index is 0.0975. The number of hydrogen-bond donors (Lipinski definition) is 0. The summed E-state index contributed by atoms with van der Waals surface area (Å²) in [7, 11) is 0. The Morgan fingerprint density at radius 1 is 0.952 bits per heavy atom. The van der Waals surface area contributed by atoms with Crippen molar-refractivity contribution in [2.75, 3.05) is 6.54 Å². The normalized spacial score (nSPS) is 20.4. The van der Waals surface area contributed by atoms with Crippen molar-refractivity contribution >= 4 is 5.91 Å². The van der Waals surface area contributed by atoms with Crippen LogP contribution < -0.4 is 0 Å². The second-order valence-corrected chi connectivity index (χ2v) is 9.65. The van der Waals surface area contributed by atoms with E-state index in [-0.39, 0.29) is 16.2 Å². The molecule has 0 aromatic rings. The Hall–Kier alpha value is -0.530. The predicted octanol–water partition coefficient (Wildman–Crippen LogP) is 5.27. The van der Waals surface area contributed by atoms with Gasteiger partial charge in [0.1, 0.15) is 0 Å². The second-order valence-electron chi connectivity index (χ2n) is 9.65. The summed E-state index contributed by atoms with van der Waals surface area (Å²) in [5.41, 5.74) is 0.509. The lowest BCUT2D eigenvalue weighted by Crippen LogP contribution is -2.54. The molecule has 1 heterocycles. The highest BCUT2D eigenvalue weighted by Crippen LogP contribution is 2.46. The van der Waals surface area contributed by atoms with Gasteiger partial charge in [-0.3, -0.25) is 4.79 Å². The fourth-order valence-electron chi connectivity index (χ4n) is 3.17. The Morgan fingerprint density at radius 2 is 1.52 bits per heavy atom. The monoisotopic (exact) mass is 295 g/mol. The van der Waals surface area contributed by atoms with Crippen molar-refractivity contribution in [1.82, 2.24) is 4.90 Å². The fourth-order valence-corrected chi connectivity index (χ4v) is 3.17. The van der Waals surface area contributed by atoms with Gasteiger partial charge in [0.2, 0.25) is 5.91 Å². The van der Waals surface area contributed by atoms with Gasteiger partial charge < -0.3 is 4.90 Å². The van der Waals surface area contributed by atoms with Crippen LogP contribution in [0.15, 0.2) is 0 Å². The zero-order valence-electron chi connectivity index (χ0n) is 15.7. The van der Waals surface area contributed by atoms with Crippen LogP contribution in [0.5, 0.6) is 0 Å². The average molecular weight is 296 g/mol. The molecular weight excluding hydrogens is 258 g/mol. The van der Waals surface area contributed by atoms with Crippen molar-refractivity contribution in [3.8, 4) is 0 Å². The third-order valence-electron chi connectivity index (χ3n) is 5.56. The Morgan fingerprint density at radius 3 is 2.00 bits per heavy atom. The van der Waals surface area contributed by atoms with Crippen LogP contribution in [0.25, 0.3) is 0 Å². The van der Waals surface area contributed by atoms with Gasteiger partial charge in [0.25, 0.3) is 0 Å². The van der Waals surface area contributed by atoms with Crippen LogP contribution >= 0.6 is 0 Å². The summed E-state index contributed by atoms with van der Waals surface area (Å²) in [6, 6.07) is 0.322. The first-order chi connectivity index (χ1) is 9.36. The molecule has 1 amide bonds. The third-order valence-corrected chi connectivity index (χ3v) is 5.56. The number of rotatable bonds is 3. The molecule has 0 aliphatic carbocycles. The number of carbonyl (C=O) groups excluding carboxylic acids is 1. The lowest BCUT2D eigenvalue weighted by molar-refractivity contribution is -0.139. The van der Waals surface area contributed by atoms with E-state index in [0.29, 0.717) is 11.9 Å². The second kappa shape index (κ2) is 6.30. The number of carbonyl (C=O) groups is 1. The van der Waals surface area contributed by atoms with Gasteiger partial charge in [-0.15, -0.1) is 0 Å². The topological polar surface area (TPSA) is 20.3 Å². The zero-order valence-corrected chi connectivity index (χ0v) is 15.7. The van der Waals surface area contributed by atoms with Crippen LogP contribution in [-0.2, 0) is 4.79 Å². The SMILES string of the molecule is CC(C)(C)CC(N1CCCCCC1=O)C(C)(C)C(C)(C)C. The molecule has 21 heavy (non-hydrogen) atoms. The molecule has 0 N–H and O–H groups in total. The van der Waals surface area contributed by atoms with Crippen molar-refractivity contribution in [2.24, 2.45) is 16.2 Å². The summed E-state index contributed by atoms with van der Waals surface area (Å²) in [6.45, 7) is 19.5. The molecule has 1 rings (SSSR count). The van der Waals surface area contributed by atoms with Crippen LogP contribution in [0.4, 0.5) is 0 Å². The molecule has 1 saturated heterocycles. The van der Waals surface area contributed by atoms with Gasteiger partial charge >= 0.3 is 0 Å². The van der Waals surface area contributed by atoms with Crippen LogP contribution in [0.2, 0.25) is 0 Å². The van der Waals surface area contributed by atoms with Gasteiger partial charge in [-0.05, 0) is 35.5 Å². The maximum atomic E-state index is 12.6. The summed E-state index contributed by atoms with van der Waals surface area (Å²) in [5, 5.41) is 0. The summed E-state index contributed by atoms with van der Waals surface area (Å²) >= 11 is 0. The summed E-state index contributed by atoms with van der Waals surface area (Å²) in [5.74, 6) is 0.374. The Kier molecular flexibility index (Phi) is 5.56. The maximum Gasteiger partial charge on any atom is 0.222 e. The van der Waals surface area contributed by atoms with E-state index in [2.05, 4.69) is 60.3 Å². The van der Waals surface area contributed by atoms with E-state index < -0.39 is 0 Å². The molecule has 0 aromatic heterocycles. The summed E-state index contributed by atoms with van der Waals surface area (Å²) < 4.78 is 0. The molecule has 0 radical (unpaired) electrons. The predicted molar refractivity (Wildman–Crippen MR) is 91.3 cm³/mol. The number of amides is 1. The smallest absolute Gasteiger partial charge is 0.222 e. The van der Waals surface area contributed by atoms with Gasteiger partial charge in [0.15, 0.2) is 0 Å². The molecule has 2 heteroatoms. The standard InChI is InChI=1S/C19H37NO/c1-17(2,3)14-15(19(7,8)18(4,5)6)20-13-11-9-10-12-16(20)21/h15H,9-14H2,1-8H3. The lowest BCUT2D eigenvalue weighted by Gasteiger charge is -2.51. The van der Waals surface area contributed by atoms with E-state index in [1.807, 2.05) is 0 Å². The molecule has 0 bridgehead atoms. The highest BCUT2D eigenvalue weighted by molar-refractivity contribution is 5.76. The molecule has 0 saturated carbocycles. The van der Waals surface area contributed by atoms with Crippen LogP contribution in [0.3, 0.4) is 0 Å². The van der Waals surface area contributed by atoms with E-state index in [0.717, 1.165) is 32.2 Å². The molecular formula is C19H37NO. The van der Waals surface area contributed by atoms with Crippen LogP contribution in [0, 0.1) is 16.2 Å². The van der Waals surface area contributed by atoms with Gasteiger partial charge in [-0.25, -0.2) is 0 Å². The van der Waals surface area contributed by atoms with E-state index in [4.69, 9.17) is 0 Å². The summed E-state index contributed by atoms with van der Waals surface area (Å²) in [6.07, 6.45) is 5.23. The largest absolute Gasteiger partial charge is 0.339 e. The number of hydrogen-bond acceptors (Lipinski definition) is 1. The Labute approximate surface area is 132 Å². The first-order valence-corrected chi connectivity index (χ1v) is 8.66. The lowest BCUT2D eigenvalue weighted by atomic mass is 9.61. The zero-order chi connectivity index (χ0) is 16.5. The molecule has 124 valence electrons. The molecule has 2 nitrogen and oxygen atoms in total. The molecule has 1 atom stereocenters. The van der Waals surface area contributed by atoms with Crippen LogP contribution in [-0.4, -0.2) is 23.4 Å². The van der Waals surface area contributed by atoms with Crippen molar-refractivity contribution in [3.05, 3.63) is 0 Å². The van der Waals surface area contributed by atoms with E-state index in [1.165, 1.54) is 6.42 Å². The van der Waals surface area contributed by atoms with E-state index >= 15 is 0 Å². The first-order valence-electron chi connectivity index (χ1n) is 8.66. The molecule has 0 spiro atoms. The van der Waals surface area contributed by atoms with Crippen molar-refractivity contribution in [3.63, 3.8) is 0 Å². The van der Waals surface area contributed by atoms with Gasteiger partial charge in [0.05, 0.1) is 0 Å². The van der Waals surface area contributed by atoms with E-state index in [9.17, 15) is 4.79 Å². The fraction of sp³-hybridized carbons (Fsp3) is 0.947. The van der Waals surface area contributed by atoms with E-state index in [1.54, 1.807) is 0 Å². The Balaban J connectivity index is 3.15. The Bertz CT molecular complexity index is 357. The molecule has 1 aliphatic heterocycles. The van der Waals surface area contributed by atoms with Gasteiger partial charge in [0, 0.05) is 19.0 Å². The van der Waals surface area contributed by atoms with Crippen molar-refractivity contribution < 1.29 is 4.79 Å². The maximum absolute atomic E-state index is 12.6. The number of nitrogens with zero attached hydrogens (tertiary/aromatic N) is 1. The molecule has 1 unspecified atom stereocenters. The molecule has 1 aliphatic rings. The third kappa shape index (κ3) is 4.72. The van der Waals surface area contributed by atoms with Gasteiger partial charge in [-0.1, -0.05) is 61.8 Å². The minimum atomic E-state index is 0.0975.